The van der Waals surface area contributed by atoms with Gasteiger partial charge in [0.1, 0.15) is 17.6 Å². The zero-order chi connectivity index (χ0) is 22.7. The molecule has 178 valence electrons. The Labute approximate surface area is 200 Å². The average molecular weight is 475 g/mol. The molecular formula is C24H32ClFN6O. The maximum Gasteiger partial charge on any atom is 0.173 e. The Morgan fingerprint density at radius 2 is 1.79 bits per heavy atom. The summed E-state index contributed by atoms with van der Waals surface area (Å²) < 4.78 is 22.2. The van der Waals surface area contributed by atoms with E-state index in [4.69, 9.17) is 4.74 Å². The Morgan fingerprint density at radius 1 is 1.06 bits per heavy atom. The Kier molecular flexibility index (Phi) is 7.92. The first-order valence-corrected chi connectivity index (χ1v) is 11.1. The van der Waals surface area contributed by atoms with Crippen molar-refractivity contribution in [1.82, 2.24) is 25.1 Å². The summed E-state index contributed by atoms with van der Waals surface area (Å²) in [5.41, 5.74) is 1.46. The quantitative estimate of drug-likeness (QED) is 0.509. The highest BCUT2D eigenvalue weighted by atomic mass is 35.5. The molecule has 33 heavy (non-hydrogen) atoms. The third-order valence-electron chi connectivity index (χ3n) is 6.47. The largest absolute Gasteiger partial charge is 0.497 e. The number of tetrazole rings is 1. The molecule has 0 bridgehead atoms. The lowest BCUT2D eigenvalue weighted by Gasteiger charge is -2.40. The molecule has 1 atom stereocenters. The first kappa shape index (κ1) is 24.9. The van der Waals surface area contributed by atoms with Crippen molar-refractivity contribution < 1.29 is 9.13 Å². The van der Waals surface area contributed by atoms with Crippen molar-refractivity contribution in [2.45, 2.75) is 38.8 Å². The zero-order valence-corrected chi connectivity index (χ0v) is 20.4. The summed E-state index contributed by atoms with van der Waals surface area (Å²) in [5.74, 6) is 1.28. The van der Waals surface area contributed by atoms with E-state index in [2.05, 4.69) is 52.2 Å². The van der Waals surface area contributed by atoms with Gasteiger partial charge in [-0.3, -0.25) is 4.90 Å². The Hall–Kier alpha value is -2.71. The Balaban J connectivity index is 0.00000306. The third kappa shape index (κ3) is 5.12. The van der Waals surface area contributed by atoms with Crippen LogP contribution in [0.25, 0.3) is 0 Å². The van der Waals surface area contributed by atoms with E-state index in [-0.39, 0.29) is 29.8 Å². The monoisotopic (exact) mass is 474 g/mol. The van der Waals surface area contributed by atoms with Crippen LogP contribution < -0.4 is 9.64 Å². The number of piperazine rings is 1. The van der Waals surface area contributed by atoms with Crippen LogP contribution in [0, 0.1) is 5.82 Å². The van der Waals surface area contributed by atoms with Gasteiger partial charge in [0.25, 0.3) is 0 Å². The summed E-state index contributed by atoms with van der Waals surface area (Å²) in [6.07, 6.45) is 0.860. The second kappa shape index (κ2) is 10.5. The van der Waals surface area contributed by atoms with E-state index in [1.54, 1.807) is 13.2 Å². The molecule has 0 amide bonds. The molecule has 9 heteroatoms. The van der Waals surface area contributed by atoms with Crippen molar-refractivity contribution in [3.8, 4) is 5.75 Å². The molecule has 3 aromatic rings. The van der Waals surface area contributed by atoms with Crippen molar-refractivity contribution in [1.29, 1.82) is 0 Å². The van der Waals surface area contributed by atoms with Crippen LogP contribution in [-0.4, -0.2) is 58.4 Å². The maximum atomic E-state index is 15.0. The minimum Gasteiger partial charge on any atom is -0.497 e. The van der Waals surface area contributed by atoms with Crippen molar-refractivity contribution in [3.63, 3.8) is 0 Å². The minimum absolute atomic E-state index is 0. The Bertz CT molecular complexity index is 1050. The molecule has 0 saturated carbocycles. The van der Waals surface area contributed by atoms with Crippen LogP contribution in [0.2, 0.25) is 0 Å². The van der Waals surface area contributed by atoms with Gasteiger partial charge in [-0.1, -0.05) is 31.2 Å². The highest BCUT2D eigenvalue weighted by molar-refractivity contribution is 5.85. The molecule has 1 unspecified atom stereocenters. The van der Waals surface area contributed by atoms with Crippen molar-refractivity contribution in [3.05, 3.63) is 65.7 Å². The number of rotatable bonds is 7. The van der Waals surface area contributed by atoms with Crippen LogP contribution in [0.4, 0.5) is 10.1 Å². The molecule has 1 saturated heterocycles. The third-order valence-corrected chi connectivity index (χ3v) is 6.47. The number of aromatic nitrogens is 4. The minimum atomic E-state index is -0.357. The van der Waals surface area contributed by atoms with Crippen LogP contribution >= 0.6 is 12.4 Å². The normalized spacial score (nSPS) is 15.7. The van der Waals surface area contributed by atoms with Crippen LogP contribution in [-0.2, 0) is 5.54 Å². The average Bonchev–Trinajstić information content (AvgIpc) is 3.31. The van der Waals surface area contributed by atoms with Gasteiger partial charge < -0.3 is 9.64 Å². The summed E-state index contributed by atoms with van der Waals surface area (Å²) in [6.45, 7) is 9.47. The molecule has 2 aromatic carbocycles. The fourth-order valence-electron chi connectivity index (χ4n) is 4.19. The summed E-state index contributed by atoms with van der Waals surface area (Å²) >= 11 is 0. The number of ether oxygens (including phenoxy) is 1. The van der Waals surface area contributed by atoms with Crippen molar-refractivity contribution >= 4 is 18.1 Å². The van der Waals surface area contributed by atoms with Gasteiger partial charge in [0, 0.05) is 43.5 Å². The van der Waals surface area contributed by atoms with E-state index in [0.29, 0.717) is 11.4 Å². The molecule has 0 radical (unpaired) electrons. The summed E-state index contributed by atoms with van der Waals surface area (Å²) in [7, 11) is 1.68. The molecule has 0 N–H and O–H groups in total. The topological polar surface area (TPSA) is 59.3 Å². The maximum absolute atomic E-state index is 15.0. The molecule has 1 aliphatic rings. The highest BCUT2D eigenvalue weighted by Crippen LogP contribution is 2.33. The van der Waals surface area contributed by atoms with Crippen molar-refractivity contribution in [2.75, 3.05) is 38.2 Å². The first-order chi connectivity index (χ1) is 15.4. The number of nitrogens with zero attached hydrogens (tertiary/aromatic N) is 6. The number of halogens is 2. The van der Waals surface area contributed by atoms with Gasteiger partial charge in [-0.15, -0.1) is 17.5 Å². The molecular weight excluding hydrogens is 443 g/mol. The summed E-state index contributed by atoms with van der Waals surface area (Å²) in [4.78, 5) is 4.61. The van der Waals surface area contributed by atoms with E-state index < -0.39 is 0 Å². The van der Waals surface area contributed by atoms with E-state index in [1.807, 2.05) is 35.0 Å². The number of hydrogen-bond acceptors (Lipinski definition) is 6. The fraction of sp³-hybridized carbons (Fsp3) is 0.458. The van der Waals surface area contributed by atoms with Crippen LogP contribution in [0.15, 0.2) is 48.5 Å². The Morgan fingerprint density at radius 3 is 2.45 bits per heavy atom. The van der Waals surface area contributed by atoms with Gasteiger partial charge in [0.05, 0.1) is 12.6 Å². The zero-order valence-electron chi connectivity index (χ0n) is 19.6. The highest BCUT2D eigenvalue weighted by Gasteiger charge is 2.35. The molecule has 7 nitrogen and oxygen atoms in total. The molecule has 2 heterocycles. The molecule has 1 fully saturated rings. The molecule has 0 spiro atoms. The number of benzene rings is 2. The number of hydrogen-bond donors (Lipinski definition) is 0. The molecule has 1 aromatic heterocycles. The standard InChI is InChI=1S/C24H31FN6O.ClH/c1-5-24(2,3)31-23(26-27-28-31)22(20-11-6-7-12-21(20)25)30-15-13-29(14-16-30)18-9-8-10-19(17-18)32-4;/h6-12,17,22H,5,13-16H2,1-4H3;1H. The van der Waals surface area contributed by atoms with Crippen molar-refractivity contribution in [2.24, 2.45) is 0 Å². The van der Waals surface area contributed by atoms with Crippen LogP contribution in [0.3, 0.4) is 0 Å². The van der Waals surface area contributed by atoms with Gasteiger partial charge in [-0.05, 0) is 48.9 Å². The predicted octanol–water partition coefficient (Wildman–Crippen LogP) is 4.30. The van der Waals surface area contributed by atoms with E-state index in [1.165, 1.54) is 6.07 Å². The van der Waals surface area contributed by atoms with Gasteiger partial charge in [0.2, 0.25) is 0 Å². The molecule has 1 aliphatic heterocycles. The second-order valence-corrected chi connectivity index (χ2v) is 8.76. The van der Waals surface area contributed by atoms with Gasteiger partial charge in [-0.25, -0.2) is 9.07 Å². The molecule has 0 aliphatic carbocycles. The fourth-order valence-corrected chi connectivity index (χ4v) is 4.19. The van der Waals surface area contributed by atoms with E-state index >= 15 is 0 Å². The lowest BCUT2D eigenvalue weighted by atomic mass is 9.98. The first-order valence-electron chi connectivity index (χ1n) is 11.1. The second-order valence-electron chi connectivity index (χ2n) is 8.76. The molecule has 4 rings (SSSR count). The van der Waals surface area contributed by atoms with E-state index in [9.17, 15) is 4.39 Å². The number of anilines is 1. The summed E-state index contributed by atoms with van der Waals surface area (Å²) in [5, 5.41) is 12.7. The smallest absolute Gasteiger partial charge is 0.173 e. The van der Waals surface area contributed by atoms with E-state index in [0.717, 1.165) is 44.0 Å². The van der Waals surface area contributed by atoms with Gasteiger partial charge in [0.15, 0.2) is 5.82 Å². The SMILES string of the molecule is CCC(C)(C)n1nnnc1C(c1ccccc1F)N1CCN(c2cccc(OC)c2)CC1.Cl. The van der Waals surface area contributed by atoms with Crippen LogP contribution in [0.5, 0.6) is 5.75 Å². The van der Waals surface area contributed by atoms with Gasteiger partial charge in [-0.2, -0.15) is 0 Å². The summed E-state index contributed by atoms with van der Waals surface area (Å²) in [6, 6.07) is 14.7. The lowest BCUT2D eigenvalue weighted by Crippen LogP contribution is -2.49. The lowest BCUT2D eigenvalue weighted by molar-refractivity contribution is 0.184. The van der Waals surface area contributed by atoms with Gasteiger partial charge >= 0.3 is 0 Å². The number of methoxy groups -OCH3 is 1. The van der Waals surface area contributed by atoms with Crippen LogP contribution in [0.1, 0.15) is 44.6 Å². The predicted molar refractivity (Wildman–Crippen MR) is 130 cm³/mol.